The summed E-state index contributed by atoms with van der Waals surface area (Å²) in [5.41, 5.74) is 0.961. The lowest BCUT2D eigenvalue weighted by molar-refractivity contribution is -0.207. The van der Waals surface area contributed by atoms with Crippen LogP contribution in [0.15, 0.2) is 30.5 Å². The molecule has 1 saturated heterocycles. The largest absolute Gasteiger partial charge is 0.394 e. The molecule has 10 heteroatoms. The first-order valence-electron chi connectivity index (χ1n) is 10.5. The van der Waals surface area contributed by atoms with Gasteiger partial charge in [0.1, 0.15) is 35.9 Å². The highest BCUT2D eigenvalue weighted by molar-refractivity contribution is 5.57. The number of unbranched alkanes of at least 4 members (excludes halogenated alkanes) is 1. The maximum atomic E-state index is 13.5. The van der Waals surface area contributed by atoms with Crippen LogP contribution in [-0.4, -0.2) is 88.1 Å². The minimum absolute atomic E-state index is 0.384. The molecule has 31 heavy (non-hydrogen) atoms. The van der Waals surface area contributed by atoms with Crippen molar-refractivity contribution in [1.82, 2.24) is 20.3 Å². The molecule has 3 unspecified atom stereocenters. The van der Waals surface area contributed by atoms with Crippen molar-refractivity contribution < 1.29 is 29.2 Å². The first-order chi connectivity index (χ1) is 15.0. The molecule has 1 aromatic heterocycles. The number of nitrogens with zero attached hydrogens (tertiary/aromatic N) is 3. The lowest BCUT2D eigenvalue weighted by atomic mass is 9.90. The second kappa shape index (κ2) is 11.6. The molecule has 1 aromatic carbocycles. The van der Waals surface area contributed by atoms with Crippen molar-refractivity contribution in [3.05, 3.63) is 36.3 Å². The number of aliphatic hydroxyl groups is 3. The molecule has 5 atom stereocenters. The highest BCUT2D eigenvalue weighted by Crippen LogP contribution is 2.32. The van der Waals surface area contributed by atoms with Crippen LogP contribution in [0.5, 0.6) is 0 Å². The van der Waals surface area contributed by atoms with Crippen LogP contribution < -0.4 is 5.32 Å². The fourth-order valence-corrected chi connectivity index (χ4v) is 3.83. The zero-order valence-corrected chi connectivity index (χ0v) is 17.6. The molecule has 9 nitrogen and oxygen atoms in total. The lowest BCUT2D eigenvalue weighted by Gasteiger charge is -2.42. The third-order valence-electron chi connectivity index (χ3n) is 5.50. The first-order valence-corrected chi connectivity index (χ1v) is 10.5. The SMILES string of the molecule is COCCNCCCC[C@@H]1OC(CO)[C@H](O)C(n2cc(-c3cccc(F)c3)nn2)C1O. The summed E-state index contributed by atoms with van der Waals surface area (Å²) in [5.74, 6) is -0.393. The van der Waals surface area contributed by atoms with Gasteiger partial charge < -0.3 is 30.1 Å². The molecule has 0 bridgehead atoms. The summed E-state index contributed by atoms with van der Waals surface area (Å²) >= 11 is 0. The van der Waals surface area contributed by atoms with Crippen molar-refractivity contribution in [2.45, 2.75) is 49.7 Å². The van der Waals surface area contributed by atoms with Crippen molar-refractivity contribution in [3.63, 3.8) is 0 Å². The highest BCUT2D eigenvalue weighted by atomic mass is 19.1. The maximum Gasteiger partial charge on any atom is 0.123 e. The van der Waals surface area contributed by atoms with Gasteiger partial charge >= 0.3 is 0 Å². The fourth-order valence-electron chi connectivity index (χ4n) is 3.83. The smallest absolute Gasteiger partial charge is 0.123 e. The van der Waals surface area contributed by atoms with Crippen LogP contribution in [0.2, 0.25) is 0 Å². The molecule has 1 aliphatic heterocycles. The van der Waals surface area contributed by atoms with E-state index >= 15 is 0 Å². The van der Waals surface area contributed by atoms with Crippen LogP contribution >= 0.6 is 0 Å². The Labute approximate surface area is 180 Å². The van der Waals surface area contributed by atoms with Gasteiger partial charge in [0.15, 0.2) is 0 Å². The van der Waals surface area contributed by atoms with Gasteiger partial charge in [0.2, 0.25) is 0 Å². The van der Waals surface area contributed by atoms with E-state index in [0.717, 1.165) is 25.9 Å². The van der Waals surface area contributed by atoms with Gasteiger partial charge in [0.25, 0.3) is 0 Å². The lowest BCUT2D eigenvalue weighted by Crippen LogP contribution is -2.55. The summed E-state index contributed by atoms with van der Waals surface area (Å²) in [4.78, 5) is 0. The number of aliphatic hydroxyl groups excluding tert-OH is 3. The summed E-state index contributed by atoms with van der Waals surface area (Å²) in [6.45, 7) is 1.87. The molecule has 1 aliphatic rings. The van der Waals surface area contributed by atoms with Crippen LogP contribution in [0.3, 0.4) is 0 Å². The maximum absolute atomic E-state index is 13.5. The first kappa shape index (κ1) is 23.7. The van der Waals surface area contributed by atoms with E-state index in [1.165, 1.54) is 16.8 Å². The van der Waals surface area contributed by atoms with E-state index in [-0.39, 0.29) is 6.61 Å². The van der Waals surface area contributed by atoms with Crippen molar-refractivity contribution in [2.75, 3.05) is 33.4 Å². The molecule has 0 amide bonds. The Hall–Kier alpha value is -1.95. The Balaban J connectivity index is 1.66. The molecule has 4 N–H and O–H groups in total. The quantitative estimate of drug-likeness (QED) is 0.375. The van der Waals surface area contributed by atoms with Crippen LogP contribution in [-0.2, 0) is 9.47 Å². The van der Waals surface area contributed by atoms with E-state index in [1.54, 1.807) is 25.4 Å². The third kappa shape index (κ3) is 6.06. The van der Waals surface area contributed by atoms with E-state index in [9.17, 15) is 19.7 Å². The minimum atomic E-state index is -1.17. The van der Waals surface area contributed by atoms with Crippen LogP contribution in [0, 0.1) is 5.82 Å². The topological polar surface area (TPSA) is 122 Å². The number of benzene rings is 1. The molecule has 1 fully saturated rings. The van der Waals surface area contributed by atoms with Crippen LogP contribution in [0.1, 0.15) is 25.3 Å². The second-order valence-corrected chi connectivity index (χ2v) is 7.70. The monoisotopic (exact) mass is 438 g/mol. The van der Waals surface area contributed by atoms with Gasteiger partial charge in [-0.3, -0.25) is 0 Å². The van der Waals surface area contributed by atoms with Gasteiger partial charge in [-0.1, -0.05) is 17.3 Å². The number of ether oxygens (including phenoxy) is 2. The van der Waals surface area contributed by atoms with Gasteiger partial charge in [-0.25, -0.2) is 9.07 Å². The predicted molar refractivity (Wildman–Crippen MR) is 111 cm³/mol. The molecule has 2 heterocycles. The summed E-state index contributed by atoms with van der Waals surface area (Å²) in [6, 6.07) is 5.11. The Morgan fingerprint density at radius 3 is 2.74 bits per heavy atom. The fraction of sp³-hybridized carbons (Fsp3) is 0.619. The van der Waals surface area contributed by atoms with Gasteiger partial charge in [-0.15, -0.1) is 5.10 Å². The predicted octanol–water partition coefficient (Wildman–Crippen LogP) is 0.513. The molecule has 0 aliphatic carbocycles. The van der Waals surface area contributed by atoms with E-state index < -0.39 is 36.3 Å². The summed E-state index contributed by atoms with van der Waals surface area (Å²) < 4.78 is 25.7. The zero-order valence-electron chi connectivity index (χ0n) is 17.6. The molecule has 172 valence electrons. The van der Waals surface area contributed by atoms with Crippen molar-refractivity contribution in [1.29, 1.82) is 0 Å². The summed E-state index contributed by atoms with van der Waals surface area (Å²) in [5, 5.41) is 42.6. The van der Waals surface area contributed by atoms with Crippen molar-refractivity contribution in [2.24, 2.45) is 0 Å². The second-order valence-electron chi connectivity index (χ2n) is 7.70. The van der Waals surface area contributed by atoms with E-state index in [0.29, 0.717) is 24.3 Å². The summed E-state index contributed by atoms with van der Waals surface area (Å²) in [7, 11) is 1.65. The van der Waals surface area contributed by atoms with E-state index in [4.69, 9.17) is 9.47 Å². The van der Waals surface area contributed by atoms with Gasteiger partial charge in [0.05, 0.1) is 25.5 Å². The zero-order chi connectivity index (χ0) is 22.2. The minimum Gasteiger partial charge on any atom is -0.394 e. The number of hydrogen-bond donors (Lipinski definition) is 4. The molecule has 3 rings (SSSR count). The van der Waals surface area contributed by atoms with Crippen LogP contribution in [0.4, 0.5) is 4.39 Å². The van der Waals surface area contributed by atoms with Crippen molar-refractivity contribution >= 4 is 0 Å². The average molecular weight is 439 g/mol. The number of rotatable bonds is 11. The molecule has 0 spiro atoms. The molecule has 0 saturated carbocycles. The Morgan fingerprint density at radius 1 is 1.19 bits per heavy atom. The highest BCUT2D eigenvalue weighted by Gasteiger charge is 2.45. The number of halogens is 1. The Kier molecular flexibility index (Phi) is 8.88. The number of aromatic nitrogens is 3. The van der Waals surface area contributed by atoms with Gasteiger partial charge in [-0.2, -0.15) is 0 Å². The normalized spacial score (nSPS) is 26.3. The third-order valence-corrected chi connectivity index (χ3v) is 5.50. The summed E-state index contributed by atoms with van der Waals surface area (Å²) in [6.07, 6.45) is 0.192. The average Bonchev–Trinajstić information content (AvgIpc) is 3.24. The standard InChI is InChI=1S/C21H31FN4O5/c1-30-10-9-23-8-3-2-7-17-20(28)19(21(29)18(13-27)31-17)26-12-16(24-25-26)14-5-4-6-15(22)11-14/h4-6,11-12,17-21,23,27-29H,2-3,7-10,13H2,1H3/t17-,18?,19?,20?,21-/m0/s1. The Morgan fingerprint density at radius 2 is 2.00 bits per heavy atom. The number of hydrogen-bond acceptors (Lipinski definition) is 8. The molecular formula is C21H31FN4O5. The number of nitrogens with one attached hydrogen (secondary N) is 1. The van der Waals surface area contributed by atoms with Crippen LogP contribution in [0.25, 0.3) is 11.3 Å². The van der Waals surface area contributed by atoms with Gasteiger partial charge in [-0.05, 0) is 37.9 Å². The van der Waals surface area contributed by atoms with Crippen molar-refractivity contribution in [3.8, 4) is 11.3 Å². The Bertz CT molecular complexity index is 808. The molecule has 2 aromatic rings. The van der Waals surface area contributed by atoms with E-state index in [1.807, 2.05) is 0 Å². The van der Waals surface area contributed by atoms with Gasteiger partial charge in [0, 0.05) is 19.2 Å². The molecular weight excluding hydrogens is 407 g/mol. The molecule has 0 radical (unpaired) electrons. The van der Waals surface area contributed by atoms with E-state index in [2.05, 4.69) is 15.6 Å². The number of methoxy groups -OCH3 is 1.